The molecule has 2 aromatic carbocycles. The highest BCUT2D eigenvalue weighted by Gasteiger charge is 2.20. The van der Waals surface area contributed by atoms with E-state index in [1.165, 1.54) is 36.5 Å². The van der Waals surface area contributed by atoms with Gasteiger partial charge in [0, 0.05) is 33.2 Å². The topological polar surface area (TPSA) is 102 Å². The van der Waals surface area contributed by atoms with Crippen molar-refractivity contribution in [2.75, 3.05) is 5.32 Å². The highest BCUT2D eigenvalue weighted by molar-refractivity contribution is 7.15. The highest BCUT2D eigenvalue weighted by atomic mass is 35.5. The molecule has 0 aliphatic carbocycles. The largest absolute Gasteiger partial charge is 0.289 e. The standard InChI is InChI=1S/C18H12ClN5O3S/c1-10-13(3-2-4-14(10)24(26)27)16(25)20-17-21-18-23(22-17)15(9-28-18)11-5-7-12(19)8-6-11/h2-9H,1H3,(H,20,22,25). The second-order valence-electron chi connectivity index (χ2n) is 5.92. The molecule has 4 rings (SSSR count). The molecular formula is C18H12ClN5O3S. The third-order valence-electron chi connectivity index (χ3n) is 4.19. The Bertz CT molecular complexity index is 1220. The van der Waals surface area contributed by atoms with E-state index >= 15 is 0 Å². The summed E-state index contributed by atoms with van der Waals surface area (Å²) in [4.78, 5) is 28.0. The number of aromatic nitrogens is 3. The molecule has 2 heterocycles. The van der Waals surface area contributed by atoms with Gasteiger partial charge < -0.3 is 0 Å². The molecule has 28 heavy (non-hydrogen) atoms. The second kappa shape index (κ2) is 7.02. The number of fused-ring (bicyclic) bond motifs is 1. The Balaban J connectivity index is 1.64. The van der Waals surface area contributed by atoms with Crippen molar-refractivity contribution in [2.45, 2.75) is 6.92 Å². The number of benzene rings is 2. The quantitative estimate of drug-likeness (QED) is 0.389. The lowest BCUT2D eigenvalue weighted by atomic mass is 10.1. The smallest absolute Gasteiger partial charge is 0.273 e. The van der Waals surface area contributed by atoms with Crippen LogP contribution in [0.1, 0.15) is 15.9 Å². The fourth-order valence-electron chi connectivity index (χ4n) is 2.79. The molecule has 1 N–H and O–H groups in total. The van der Waals surface area contributed by atoms with Crippen molar-refractivity contribution in [1.29, 1.82) is 0 Å². The van der Waals surface area contributed by atoms with Gasteiger partial charge in [0.15, 0.2) is 0 Å². The van der Waals surface area contributed by atoms with Gasteiger partial charge >= 0.3 is 0 Å². The van der Waals surface area contributed by atoms with Gasteiger partial charge in [-0.25, -0.2) is 4.52 Å². The Morgan fingerprint density at radius 2 is 2.00 bits per heavy atom. The number of hydrogen-bond acceptors (Lipinski definition) is 6. The van der Waals surface area contributed by atoms with Crippen molar-refractivity contribution >= 4 is 45.4 Å². The Morgan fingerprint density at radius 1 is 1.25 bits per heavy atom. The minimum Gasteiger partial charge on any atom is -0.289 e. The summed E-state index contributed by atoms with van der Waals surface area (Å²) in [6, 6.07) is 11.7. The molecule has 0 radical (unpaired) electrons. The van der Waals surface area contributed by atoms with Crippen molar-refractivity contribution in [1.82, 2.24) is 14.6 Å². The van der Waals surface area contributed by atoms with Gasteiger partial charge in [-0.05, 0) is 25.1 Å². The fraction of sp³-hybridized carbons (Fsp3) is 0.0556. The Kier molecular flexibility index (Phi) is 4.54. The van der Waals surface area contributed by atoms with E-state index in [-0.39, 0.29) is 22.8 Å². The SMILES string of the molecule is Cc1c(C(=O)Nc2nc3scc(-c4ccc(Cl)cc4)n3n2)cccc1[N+](=O)[O-]. The summed E-state index contributed by atoms with van der Waals surface area (Å²) in [5.74, 6) is -0.384. The number of carbonyl (C=O) groups excluding carboxylic acids is 1. The van der Waals surface area contributed by atoms with E-state index in [0.29, 0.717) is 9.98 Å². The molecule has 10 heteroatoms. The molecular weight excluding hydrogens is 402 g/mol. The molecule has 0 bridgehead atoms. The summed E-state index contributed by atoms with van der Waals surface area (Å²) >= 11 is 7.31. The van der Waals surface area contributed by atoms with E-state index < -0.39 is 10.8 Å². The zero-order chi connectivity index (χ0) is 19.8. The van der Waals surface area contributed by atoms with Gasteiger partial charge in [-0.2, -0.15) is 4.98 Å². The van der Waals surface area contributed by atoms with Crippen LogP contribution < -0.4 is 5.32 Å². The number of nitrogens with one attached hydrogen (secondary N) is 1. The predicted molar refractivity (Wildman–Crippen MR) is 107 cm³/mol. The number of halogens is 1. The summed E-state index contributed by atoms with van der Waals surface area (Å²) in [7, 11) is 0. The molecule has 140 valence electrons. The molecule has 1 amide bonds. The number of hydrogen-bond donors (Lipinski definition) is 1. The Morgan fingerprint density at radius 3 is 2.71 bits per heavy atom. The van der Waals surface area contributed by atoms with Crippen molar-refractivity contribution in [2.24, 2.45) is 0 Å². The monoisotopic (exact) mass is 413 g/mol. The Hall–Kier alpha value is -3.30. The number of nitro benzene ring substituents is 1. The fourth-order valence-corrected chi connectivity index (χ4v) is 3.75. The third kappa shape index (κ3) is 3.21. The first kappa shape index (κ1) is 18.1. The number of carbonyl (C=O) groups is 1. The van der Waals surface area contributed by atoms with Crippen LogP contribution in [0.25, 0.3) is 16.2 Å². The molecule has 0 unspecified atom stereocenters. The van der Waals surface area contributed by atoms with Crippen LogP contribution in [0, 0.1) is 17.0 Å². The number of anilines is 1. The summed E-state index contributed by atoms with van der Waals surface area (Å²) in [5.41, 5.74) is 2.10. The van der Waals surface area contributed by atoms with Crippen LogP contribution in [0.2, 0.25) is 5.02 Å². The highest BCUT2D eigenvalue weighted by Crippen LogP contribution is 2.27. The first-order valence-corrected chi connectivity index (χ1v) is 9.35. The first-order chi connectivity index (χ1) is 13.4. The minimum atomic E-state index is -0.519. The average molecular weight is 414 g/mol. The zero-order valence-electron chi connectivity index (χ0n) is 14.4. The number of thiazole rings is 1. The molecule has 0 saturated heterocycles. The molecule has 0 atom stereocenters. The van der Waals surface area contributed by atoms with Crippen LogP contribution in [0.4, 0.5) is 11.6 Å². The van der Waals surface area contributed by atoms with Gasteiger partial charge in [0.2, 0.25) is 4.96 Å². The maximum atomic E-state index is 12.6. The Labute approximate surface area is 167 Å². The maximum absolute atomic E-state index is 12.6. The van der Waals surface area contributed by atoms with Gasteiger partial charge in [-0.15, -0.1) is 16.4 Å². The van der Waals surface area contributed by atoms with Gasteiger partial charge in [0.05, 0.1) is 10.6 Å². The lowest BCUT2D eigenvalue weighted by Gasteiger charge is -2.05. The van der Waals surface area contributed by atoms with Crippen LogP contribution in [0.3, 0.4) is 0 Å². The first-order valence-electron chi connectivity index (χ1n) is 8.09. The van der Waals surface area contributed by atoms with Crippen LogP contribution in [-0.2, 0) is 0 Å². The normalized spacial score (nSPS) is 10.9. The van der Waals surface area contributed by atoms with Gasteiger partial charge in [0.1, 0.15) is 0 Å². The van der Waals surface area contributed by atoms with E-state index in [2.05, 4.69) is 15.4 Å². The summed E-state index contributed by atoms with van der Waals surface area (Å²) in [5, 5.41) is 20.6. The molecule has 0 spiro atoms. The van der Waals surface area contributed by atoms with E-state index in [1.54, 1.807) is 16.6 Å². The van der Waals surface area contributed by atoms with Crippen LogP contribution in [0.15, 0.2) is 47.8 Å². The summed E-state index contributed by atoms with van der Waals surface area (Å²) in [6.45, 7) is 1.53. The molecule has 8 nitrogen and oxygen atoms in total. The van der Waals surface area contributed by atoms with Crippen LogP contribution in [0.5, 0.6) is 0 Å². The minimum absolute atomic E-state index is 0.114. The molecule has 0 aliphatic heterocycles. The third-order valence-corrected chi connectivity index (χ3v) is 5.26. The lowest BCUT2D eigenvalue weighted by molar-refractivity contribution is -0.385. The van der Waals surface area contributed by atoms with Gasteiger partial charge in [0.25, 0.3) is 17.5 Å². The van der Waals surface area contributed by atoms with Crippen molar-refractivity contribution in [3.63, 3.8) is 0 Å². The number of nitro groups is 1. The van der Waals surface area contributed by atoms with Gasteiger partial charge in [-0.1, -0.05) is 29.8 Å². The maximum Gasteiger partial charge on any atom is 0.273 e. The molecule has 0 fully saturated rings. The van der Waals surface area contributed by atoms with Crippen molar-refractivity contribution in [3.05, 3.63) is 74.1 Å². The van der Waals surface area contributed by atoms with E-state index in [4.69, 9.17) is 11.6 Å². The zero-order valence-corrected chi connectivity index (χ0v) is 16.0. The molecule has 4 aromatic rings. The van der Waals surface area contributed by atoms with Crippen LogP contribution >= 0.6 is 22.9 Å². The van der Waals surface area contributed by atoms with E-state index in [0.717, 1.165) is 11.3 Å². The lowest BCUT2D eigenvalue weighted by Crippen LogP contribution is -2.15. The average Bonchev–Trinajstić information content (AvgIpc) is 3.22. The number of rotatable bonds is 4. The van der Waals surface area contributed by atoms with E-state index in [9.17, 15) is 14.9 Å². The van der Waals surface area contributed by atoms with Crippen LogP contribution in [-0.4, -0.2) is 25.4 Å². The number of nitrogens with zero attached hydrogens (tertiary/aromatic N) is 4. The molecule has 0 aliphatic rings. The van der Waals surface area contributed by atoms with E-state index in [1.807, 2.05) is 17.5 Å². The summed E-state index contributed by atoms with van der Waals surface area (Å²) in [6.07, 6.45) is 0. The van der Waals surface area contributed by atoms with Gasteiger partial charge in [-0.3, -0.25) is 20.2 Å². The molecule has 0 saturated carbocycles. The van der Waals surface area contributed by atoms with Crippen molar-refractivity contribution in [3.8, 4) is 11.3 Å². The molecule has 2 aromatic heterocycles. The summed E-state index contributed by atoms with van der Waals surface area (Å²) < 4.78 is 1.63. The second-order valence-corrected chi connectivity index (χ2v) is 7.19. The predicted octanol–water partition coefficient (Wildman–Crippen LogP) is 4.58. The van der Waals surface area contributed by atoms with Crippen molar-refractivity contribution < 1.29 is 9.72 Å². The number of amides is 1.